The number of nitrogens with one attached hydrogen (secondary N) is 1. The number of carboxylic acid groups (broad SMARTS) is 1. The Morgan fingerprint density at radius 1 is 1.33 bits per heavy atom. The smallest absolute Gasteiger partial charge is 0.313 e. The quantitative estimate of drug-likeness (QED) is 0.411. The first-order valence-electron chi connectivity index (χ1n) is 7.74. The zero-order valence-corrected chi connectivity index (χ0v) is 14.9. The van der Waals surface area contributed by atoms with E-state index in [9.17, 15) is 15.2 Å². The molecular formula is C17H15N4O5S-. The SMILES string of the molecule is Cc1cccc(Oc2ccc(-c3nc(SCC(=O)O)n[nH]3)cc2N([O-])O)c1. The van der Waals surface area contributed by atoms with E-state index in [0.29, 0.717) is 17.1 Å². The van der Waals surface area contributed by atoms with E-state index in [1.54, 1.807) is 18.2 Å². The Morgan fingerprint density at radius 3 is 2.85 bits per heavy atom. The zero-order chi connectivity index (χ0) is 19.4. The number of nitrogens with zero attached hydrogens (tertiary/aromatic N) is 3. The van der Waals surface area contributed by atoms with Gasteiger partial charge in [0, 0.05) is 5.56 Å². The molecule has 0 atom stereocenters. The van der Waals surface area contributed by atoms with E-state index in [1.165, 1.54) is 12.1 Å². The number of aryl methyl sites for hydroxylation is 1. The van der Waals surface area contributed by atoms with Crippen molar-refractivity contribution in [1.29, 1.82) is 0 Å². The predicted molar refractivity (Wildman–Crippen MR) is 99.1 cm³/mol. The van der Waals surface area contributed by atoms with Crippen LogP contribution in [0.15, 0.2) is 47.6 Å². The Bertz CT molecular complexity index is 960. The molecule has 3 N–H and O–H groups in total. The normalized spacial score (nSPS) is 10.6. The number of hydrogen-bond donors (Lipinski definition) is 3. The molecule has 0 radical (unpaired) electrons. The molecule has 0 saturated heterocycles. The second-order valence-electron chi connectivity index (χ2n) is 5.52. The summed E-state index contributed by atoms with van der Waals surface area (Å²) in [5.74, 6) is -0.127. The summed E-state index contributed by atoms with van der Waals surface area (Å²) in [7, 11) is 0. The van der Waals surface area contributed by atoms with Gasteiger partial charge in [-0.15, -0.1) is 5.10 Å². The summed E-state index contributed by atoms with van der Waals surface area (Å²) in [5, 5.41) is 36.3. The van der Waals surface area contributed by atoms with Crippen LogP contribution in [0.25, 0.3) is 11.4 Å². The van der Waals surface area contributed by atoms with Crippen molar-refractivity contribution >= 4 is 23.4 Å². The molecule has 0 spiro atoms. The highest BCUT2D eigenvalue weighted by Crippen LogP contribution is 2.35. The van der Waals surface area contributed by atoms with Gasteiger partial charge >= 0.3 is 5.97 Å². The highest BCUT2D eigenvalue weighted by atomic mass is 32.2. The van der Waals surface area contributed by atoms with Gasteiger partial charge in [0.05, 0.1) is 11.4 Å². The molecule has 2 aromatic carbocycles. The summed E-state index contributed by atoms with van der Waals surface area (Å²) in [6.07, 6.45) is 0. The van der Waals surface area contributed by atoms with E-state index >= 15 is 0 Å². The van der Waals surface area contributed by atoms with Crippen LogP contribution in [0, 0.1) is 12.1 Å². The van der Waals surface area contributed by atoms with Crippen molar-refractivity contribution < 1.29 is 19.8 Å². The lowest BCUT2D eigenvalue weighted by molar-refractivity contribution is -0.133. The second kappa shape index (κ2) is 8.08. The van der Waals surface area contributed by atoms with E-state index in [0.717, 1.165) is 17.3 Å². The standard InChI is InChI=1S/C17H15N4O5S/c1-10-3-2-4-12(7-10)26-14-6-5-11(8-13(14)21(24)25)16-18-17(20-19-16)27-9-15(22)23/h2-8,24H,9H2,1H3,(H,22,23)(H,18,19,20)/q-1. The van der Waals surface area contributed by atoms with Crippen molar-refractivity contribution in [3.63, 3.8) is 0 Å². The maximum atomic E-state index is 11.6. The minimum atomic E-state index is -0.978. The minimum absolute atomic E-state index is 0.106. The highest BCUT2D eigenvalue weighted by Gasteiger charge is 2.13. The predicted octanol–water partition coefficient (Wildman–Crippen LogP) is 3.44. The molecule has 1 heterocycles. The number of carbonyl (C=O) groups is 1. The van der Waals surface area contributed by atoms with Crippen LogP contribution in [-0.2, 0) is 4.79 Å². The van der Waals surface area contributed by atoms with Gasteiger partial charge < -0.3 is 20.3 Å². The molecule has 0 aliphatic rings. The molecule has 3 rings (SSSR count). The molecule has 0 fully saturated rings. The van der Waals surface area contributed by atoms with Gasteiger partial charge in [-0.1, -0.05) is 23.9 Å². The van der Waals surface area contributed by atoms with Crippen LogP contribution in [0.3, 0.4) is 0 Å². The molecule has 0 aliphatic heterocycles. The van der Waals surface area contributed by atoms with Crippen molar-refractivity contribution in [3.05, 3.63) is 53.2 Å². The molecule has 9 nitrogen and oxygen atoms in total. The number of ether oxygens (including phenoxy) is 1. The summed E-state index contributed by atoms with van der Waals surface area (Å²) in [5.41, 5.74) is 1.36. The minimum Gasteiger partial charge on any atom is -0.733 e. The largest absolute Gasteiger partial charge is 0.733 e. The Morgan fingerprint density at radius 2 is 2.15 bits per heavy atom. The summed E-state index contributed by atoms with van der Waals surface area (Å²) in [6.45, 7) is 1.91. The first-order valence-corrected chi connectivity index (χ1v) is 8.73. The fraction of sp³-hybridized carbons (Fsp3) is 0.118. The third-order valence-corrected chi connectivity index (χ3v) is 4.28. The molecule has 140 valence electrons. The maximum Gasteiger partial charge on any atom is 0.313 e. The van der Waals surface area contributed by atoms with E-state index < -0.39 is 5.97 Å². The number of anilines is 1. The van der Waals surface area contributed by atoms with Crippen molar-refractivity contribution in [3.8, 4) is 22.9 Å². The van der Waals surface area contributed by atoms with Gasteiger partial charge in [0.15, 0.2) is 11.6 Å². The van der Waals surface area contributed by atoms with E-state index in [-0.39, 0.29) is 27.6 Å². The van der Waals surface area contributed by atoms with E-state index in [1.807, 2.05) is 19.1 Å². The topological polar surface area (TPSA) is 135 Å². The third kappa shape index (κ3) is 4.76. The molecule has 27 heavy (non-hydrogen) atoms. The number of benzene rings is 2. The van der Waals surface area contributed by atoms with Gasteiger partial charge in [-0.25, -0.2) is 4.98 Å². The molecule has 0 bridgehead atoms. The fourth-order valence-corrected chi connectivity index (χ4v) is 2.79. The van der Waals surface area contributed by atoms with Gasteiger partial charge in [0.1, 0.15) is 5.75 Å². The van der Waals surface area contributed by atoms with Crippen LogP contribution in [0.5, 0.6) is 11.5 Å². The number of thioether (sulfide) groups is 1. The lowest BCUT2D eigenvalue weighted by Crippen LogP contribution is -2.08. The van der Waals surface area contributed by atoms with E-state index in [4.69, 9.17) is 9.84 Å². The fourth-order valence-electron chi connectivity index (χ4n) is 2.27. The lowest BCUT2D eigenvalue weighted by Gasteiger charge is -2.24. The van der Waals surface area contributed by atoms with Crippen molar-refractivity contribution in [1.82, 2.24) is 15.2 Å². The second-order valence-corrected chi connectivity index (χ2v) is 6.47. The number of aromatic amines is 1. The van der Waals surface area contributed by atoms with E-state index in [2.05, 4.69) is 15.2 Å². The Kier molecular flexibility index (Phi) is 5.60. The molecule has 3 aromatic rings. The van der Waals surface area contributed by atoms with Crippen molar-refractivity contribution in [2.45, 2.75) is 12.1 Å². The maximum absolute atomic E-state index is 11.6. The lowest BCUT2D eigenvalue weighted by atomic mass is 10.1. The Hall–Kier alpha value is -3.08. The molecular weight excluding hydrogens is 372 g/mol. The highest BCUT2D eigenvalue weighted by molar-refractivity contribution is 7.99. The molecule has 1 aromatic heterocycles. The summed E-state index contributed by atoms with van der Waals surface area (Å²) in [6, 6.07) is 11.8. The monoisotopic (exact) mass is 387 g/mol. The zero-order valence-electron chi connectivity index (χ0n) is 14.1. The summed E-state index contributed by atoms with van der Waals surface area (Å²) < 4.78 is 5.70. The third-order valence-electron chi connectivity index (χ3n) is 3.45. The van der Waals surface area contributed by atoms with Gasteiger partial charge in [0.2, 0.25) is 5.16 Å². The number of hydrogen-bond acceptors (Lipinski definition) is 8. The first kappa shape index (κ1) is 18.7. The number of H-pyrrole nitrogens is 1. The summed E-state index contributed by atoms with van der Waals surface area (Å²) in [4.78, 5) is 14.8. The van der Waals surface area contributed by atoms with Gasteiger partial charge in [-0.05, 0) is 42.8 Å². The van der Waals surface area contributed by atoms with Crippen LogP contribution >= 0.6 is 11.8 Å². The molecule has 0 unspecified atom stereocenters. The molecule has 0 aliphatic carbocycles. The molecule has 0 amide bonds. The Balaban J connectivity index is 1.86. The average molecular weight is 387 g/mol. The molecule has 0 saturated carbocycles. The van der Waals surface area contributed by atoms with Crippen LogP contribution in [0.1, 0.15) is 5.56 Å². The Labute approximate surface area is 158 Å². The number of aromatic nitrogens is 3. The van der Waals surface area contributed by atoms with Crippen LogP contribution < -0.4 is 9.96 Å². The molecule has 10 heteroatoms. The first-order chi connectivity index (χ1) is 12.9. The van der Waals surface area contributed by atoms with Gasteiger partial charge in [-0.2, -0.15) is 0 Å². The van der Waals surface area contributed by atoms with Crippen molar-refractivity contribution in [2.24, 2.45) is 0 Å². The average Bonchev–Trinajstić information content (AvgIpc) is 3.09. The van der Waals surface area contributed by atoms with Gasteiger partial charge in [-0.3, -0.25) is 15.1 Å². The van der Waals surface area contributed by atoms with Crippen molar-refractivity contribution in [2.75, 3.05) is 11.0 Å². The van der Waals surface area contributed by atoms with Crippen LogP contribution in [-0.4, -0.2) is 37.2 Å². The number of rotatable bonds is 7. The number of carboxylic acids is 1. The van der Waals surface area contributed by atoms with Crippen LogP contribution in [0.2, 0.25) is 0 Å². The van der Waals surface area contributed by atoms with Crippen LogP contribution in [0.4, 0.5) is 5.69 Å². The van der Waals surface area contributed by atoms with Gasteiger partial charge in [0.25, 0.3) is 0 Å². The summed E-state index contributed by atoms with van der Waals surface area (Å²) >= 11 is 0.962. The number of aliphatic carboxylic acids is 1.